The lowest BCUT2D eigenvalue weighted by molar-refractivity contribution is -0.139. The van der Waals surface area contributed by atoms with E-state index in [9.17, 15) is 19.2 Å². The van der Waals surface area contributed by atoms with Gasteiger partial charge in [-0.3, -0.25) is 0 Å². The van der Waals surface area contributed by atoms with Gasteiger partial charge >= 0.3 is 24.1 Å². The predicted molar refractivity (Wildman–Crippen MR) is 126 cm³/mol. The molecule has 0 aliphatic carbocycles. The van der Waals surface area contributed by atoms with Crippen LogP contribution in [0.1, 0.15) is 27.2 Å². The fraction of sp³-hybridized carbons (Fsp3) is 0.545. The summed E-state index contributed by atoms with van der Waals surface area (Å²) in [6, 6.07) is 0. The van der Waals surface area contributed by atoms with Crippen LogP contribution in [0, 0.1) is 0 Å². The van der Waals surface area contributed by atoms with E-state index in [1.165, 1.54) is 18.7 Å². The molecule has 0 aromatic heterocycles. The lowest BCUT2D eigenvalue weighted by Crippen LogP contribution is -2.36. The molecular formula is C22H34N2O8S. The number of carbonyl (C=O) groups is 4. The number of rotatable bonds is 16. The molecule has 0 aromatic rings. The molecule has 1 unspecified atom stereocenters. The zero-order valence-corrected chi connectivity index (χ0v) is 20.3. The standard InChI is InChI=1S/C22H34N2O8S/c1-7-29-20(26)17(6)13-33-14-18(32-22(28)23-9-8-15(2)3)12-31-21(27)24-10-11-30-19(25)16(4)5/h18H,2,4,6-14H2,1,3,5H3,(H,23,28)(H,24,27). The van der Waals surface area contributed by atoms with Crippen LogP contribution in [-0.2, 0) is 28.5 Å². The maximum absolute atomic E-state index is 12.0. The third kappa shape index (κ3) is 16.4. The molecular weight excluding hydrogens is 452 g/mol. The van der Waals surface area contributed by atoms with Crippen molar-refractivity contribution in [2.75, 3.05) is 44.4 Å². The second-order valence-electron chi connectivity index (χ2n) is 6.94. The predicted octanol–water partition coefficient (Wildman–Crippen LogP) is 2.75. The second kappa shape index (κ2) is 17.6. The zero-order chi connectivity index (χ0) is 25.2. The first-order chi connectivity index (χ1) is 15.6. The first kappa shape index (κ1) is 30.0. The summed E-state index contributed by atoms with van der Waals surface area (Å²) in [5.41, 5.74) is 1.44. The Labute approximate surface area is 199 Å². The van der Waals surface area contributed by atoms with Gasteiger partial charge in [0.2, 0.25) is 0 Å². The minimum Gasteiger partial charge on any atom is -0.463 e. The summed E-state index contributed by atoms with van der Waals surface area (Å²) < 4.78 is 20.1. The lowest BCUT2D eigenvalue weighted by atomic mass is 10.2. The molecule has 10 nitrogen and oxygen atoms in total. The van der Waals surface area contributed by atoms with Gasteiger partial charge in [-0.15, -0.1) is 6.58 Å². The molecule has 1 atom stereocenters. The van der Waals surface area contributed by atoms with Crippen LogP contribution in [0.4, 0.5) is 9.59 Å². The van der Waals surface area contributed by atoms with Gasteiger partial charge in [-0.2, -0.15) is 11.8 Å². The Balaban J connectivity index is 4.56. The van der Waals surface area contributed by atoms with Crippen LogP contribution in [0.5, 0.6) is 0 Å². The minimum absolute atomic E-state index is 0.0406. The molecule has 0 spiro atoms. The number of carbonyl (C=O) groups excluding carboxylic acids is 4. The summed E-state index contributed by atoms with van der Waals surface area (Å²) in [4.78, 5) is 46.8. The Hall–Kier alpha value is -2.95. The number of amides is 2. The van der Waals surface area contributed by atoms with Crippen molar-refractivity contribution in [3.8, 4) is 0 Å². The monoisotopic (exact) mass is 486 g/mol. The van der Waals surface area contributed by atoms with Gasteiger partial charge in [-0.1, -0.05) is 18.7 Å². The Morgan fingerprint density at radius 1 is 0.909 bits per heavy atom. The van der Waals surface area contributed by atoms with Crippen LogP contribution in [-0.4, -0.2) is 74.6 Å². The van der Waals surface area contributed by atoms with Crippen molar-refractivity contribution in [3.63, 3.8) is 0 Å². The molecule has 0 fully saturated rings. The SMILES string of the molecule is C=C(C)CCNC(=O)OC(COC(=O)NCCOC(=O)C(=C)C)CSCC(=C)C(=O)OCC. The molecule has 0 radical (unpaired) electrons. The molecule has 11 heteroatoms. The molecule has 0 bridgehead atoms. The molecule has 0 rings (SSSR count). The molecule has 0 saturated carbocycles. The van der Waals surface area contributed by atoms with Gasteiger partial charge in [-0.05, 0) is 27.2 Å². The Kier molecular flexibility index (Phi) is 16.0. The fourth-order valence-corrected chi connectivity index (χ4v) is 2.84. The third-order valence-electron chi connectivity index (χ3n) is 3.59. The average Bonchev–Trinajstić information content (AvgIpc) is 2.74. The van der Waals surface area contributed by atoms with Crippen molar-refractivity contribution in [1.82, 2.24) is 10.6 Å². The normalized spacial score (nSPS) is 10.9. The van der Waals surface area contributed by atoms with Gasteiger partial charge in [0.05, 0.1) is 13.2 Å². The topological polar surface area (TPSA) is 129 Å². The third-order valence-corrected chi connectivity index (χ3v) is 4.75. The summed E-state index contributed by atoms with van der Waals surface area (Å²) in [6.45, 7) is 16.3. The van der Waals surface area contributed by atoms with E-state index in [1.807, 2.05) is 6.92 Å². The Morgan fingerprint density at radius 3 is 2.18 bits per heavy atom. The molecule has 2 N–H and O–H groups in total. The Bertz CT molecular complexity index is 723. The van der Waals surface area contributed by atoms with Gasteiger partial charge < -0.3 is 29.6 Å². The van der Waals surface area contributed by atoms with Crippen molar-refractivity contribution < 1.29 is 38.1 Å². The Morgan fingerprint density at radius 2 is 1.58 bits per heavy atom. The molecule has 0 aliphatic heterocycles. The van der Waals surface area contributed by atoms with E-state index >= 15 is 0 Å². The highest BCUT2D eigenvalue weighted by Crippen LogP contribution is 2.12. The summed E-state index contributed by atoms with van der Waals surface area (Å²) in [5, 5.41) is 5.01. The van der Waals surface area contributed by atoms with E-state index in [0.29, 0.717) is 13.0 Å². The molecule has 186 valence electrons. The minimum atomic E-state index is -0.776. The van der Waals surface area contributed by atoms with Gasteiger partial charge in [-0.25, -0.2) is 19.2 Å². The van der Waals surface area contributed by atoms with Gasteiger partial charge in [0.1, 0.15) is 19.3 Å². The zero-order valence-electron chi connectivity index (χ0n) is 19.5. The highest BCUT2D eigenvalue weighted by atomic mass is 32.2. The van der Waals surface area contributed by atoms with Crippen LogP contribution < -0.4 is 10.6 Å². The molecule has 0 heterocycles. The quantitative estimate of drug-likeness (QED) is 0.111. The van der Waals surface area contributed by atoms with E-state index in [4.69, 9.17) is 18.9 Å². The van der Waals surface area contributed by atoms with Gasteiger partial charge in [0, 0.05) is 29.2 Å². The van der Waals surface area contributed by atoms with E-state index < -0.39 is 30.2 Å². The average molecular weight is 487 g/mol. The van der Waals surface area contributed by atoms with E-state index in [2.05, 4.69) is 30.4 Å². The summed E-state index contributed by atoms with van der Waals surface area (Å²) in [7, 11) is 0. The van der Waals surface area contributed by atoms with Crippen LogP contribution >= 0.6 is 11.8 Å². The number of hydrogen-bond acceptors (Lipinski definition) is 9. The van der Waals surface area contributed by atoms with Gasteiger partial charge in [0.15, 0.2) is 0 Å². The summed E-state index contributed by atoms with van der Waals surface area (Å²) in [6.07, 6.45) is -1.61. The van der Waals surface area contributed by atoms with Crippen LogP contribution in [0.15, 0.2) is 36.5 Å². The van der Waals surface area contributed by atoms with E-state index in [-0.39, 0.29) is 49.0 Å². The van der Waals surface area contributed by atoms with E-state index in [1.54, 1.807) is 6.92 Å². The first-order valence-electron chi connectivity index (χ1n) is 10.3. The fourth-order valence-electron chi connectivity index (χ4n) is 1.93. The number of nitrogens with one attached hydrogen (secondary N) is 2. The van der Waals surface area contributed by atoms with Crippen molar-refractivity contribution in [2.45, 2.75) is 33.3 Å². The molecule has 0 saturated heterocycles. The number of esters is 2. The van der Waals surface area contributed by atoms with Gasteiger partial charge in [0.25, 0.3) is 0 Å². The maximum Gasteiger partial charge on any atom is 0.407 e. The summed E-state index contributed by atoms with van der Waals surface area (Å²) >= 11 is 1.28. The number of thioether (sulfide) groups is 1. The smallest absolute Gasteiger partial charge is 0.407 e. The van der Waals surface area contributed by atoms with Crippen molar-refractivity contribution >= 4 is 35.9 Å². The molecule has 0 aliphatic rings. The highest BCUT2D eigenvalue weighted by Gasteiger charge is 2.18. The maximum atomic E-state index is 12.0. The van der Waals surface area contributed by atoms with Crippen molar-refractivity contribution in [3.05, 3.63) is 36.5 Å². The highest BCUT2D eigenvalue weighted by molar-refractivity contribution is 7.99. The largest absolute Gasteiger partial charge is 0.463 e. The summed E-state index contributed by atoms with van der Waals surface area (Å²) in [5.74, 6) is -0.549. The lowest BCUT2D eigenvalue weighted by Gasteiger charge is -2.18. The van der Waals surface area contributed by atoms with Crippen molar-refractivity contribution in [2.24, 2.45) is 0 Å². The van der Waals surface area contributed by atoms with Crippen molar-refractivity contribution in [1.29, 1.82) is 0 Å². The van der Waals surface area contributed by atoms with Crippen LogP contribution in [0.25, 0.3) is 0 Å². The van der Waals surface area contributed by atoms with Crippen LogP contribution in [0.3, 0.4) is 0 Å². The number of hydrogen-bond donors (Lipinski definition) is 2. The van der Waals surface area contributed by atoms with Crippen LogP contribution in [0.2, 0.25) is 0 Å². The number of alkyl carbamates (subject to hydrolysis) is 2. The number of ether oxygens (including phenoxy) is 4. The molecule has 0 aromatic carbocycles. The van der Waals surface area contributed by atoms with E-state index in [0.717, 1.165) is 5.57 Å². The molecule has 33 heavy (non-hydrogen) atoms. The first-order valence-corrected chi connectivity index (χ1v) is 11.5. The molecule has 2 amide bonds. The second-order valence-corrected chi connectivity index (χ2v) is 7.97.